The summed E-state index contributed by atoms with van der Waals surface area (Å²) in [5.74, 6) is 0.517. The minimum Gasteiger partial charge on any atom is -0.296 e. The summed E-state index contributed by atoms with van der Waals surface area (Å²) in [7, 11) is 0. The molecule has 1 heterocycles. The van der Waals surface area contributed by atoms with Gasteiger partial charge in [0.1, 0.15) is 5.69 Å². The van der Waals surface area contributed by atoms with Crippen LogP contribution in [-0.4, -0.2) is 16.1 Å². The maximum absolute atomic E-state index is 10.6. The molecule has 1 rings (SSSR count). The van der Waals surface area contributed by atoms with Crippen molar-refractivity contribution in [1.29, 1.82) is 0 Å². The van der Waals surface area contributed by atoms with Gasteiger partial charge in [-0.1, -0.05) is 13.8 Å². The summed E-state index contributed by atoms with van der Waals surface area (Å²) in [4.78, 5) is 10.6. The second-order valence-corrected chi connectivity index (χ2v) is 3.41. The highest BCUT2D eigenvalue weighted by Gasteiger charge is 2.06. The maximum Gasteiger partial charge on any atom is 0.168 e. The Balaban J connectivity index is 2.91. The highest BCUT2D eigenvalue weighted by Crippen LogP contribution is 2.06. The standard InChI is InChI=1S/C9H14N2O/c1-7(2)5-11-9(6-12)8(3)4-10-11/h4,6-7H,5H2,1-3H3. The van der Waals surface area contributed by atoms with Crippen LogP contribution in [-0.2, 0) is 6.54 Å². The Kier molecular flexibility index (Phi) is 2.63. The molecule has 0 saturated carbocycles. The van der Waals surface area contributed by atoms with Crippen molar-refractivity contribution in [1.82, 2.24) is 9.78 Å². The molecule has 0 saturated heterocycles. The molecular formula is C9H14N2O. The third-order valence-electron chi connectivity index (χ3n) is 1.72. The predicted octanol–water partition coefficient (Wildman–Crippen LogP) is 1.66. The fourth-order valence-electron chi connectivity index (χ4n) is 1.13. The number of nitrogens with zero attached hydrogens (tertiary/aromatic N) is 2. The van der Waals surface area contributed by atoms with Gasteiger partial charge in [0.25, 0.3) is 0 Å². The van der Waals surface area contributed by atoms with Crippen LogP contribution >= 0.6 is 0 Å². The van der Waals surface area contributed by atoms with Crippen LogP contribution in [0.3, 0.4) is 0 Å². The molecule has 0 aliphatic heterocycles. The lowest BCUT2D eigenvalue weighted by Crippen LogP contribution is -2.09. The molecule has 0 spiro atoms. The van der Waals surface area contributed by atoms with Crippen molar-refractivity contribution < 1.29 is 4.79 Å². The fourth-order valence-corrected chi connectivity index (χ4v) is 1.13. The molecule has 3 nitrogen and oxygen atoms in total. The summed E-state index contributed by atoms with van der Waals surface area (Å²) in [6.07, 6.45) is 2.59. The topological polar surface area (TPSA) is 34.9 Å². The van der Waals surface area contributed by atoms with Gasteiger partial charge in [0.05, 0.1) is 6.20 Å². The van der Waals surface area contributed by atoms with Crippen LogP contribution in [0.25, 0.3) is 0 Å². The molecule has 0 aliphatic carbocycles. The van der Waals surface area contributed by atoms with E-state index in [2.05, 4.69) is 18.9 Å². The molecule has 0 aliphatic rings. The van der Waals surface area contributed by atoms with Gasteiger partial charge < -0.3 is 0 Å². The summed E-state index contributed by atoms with van der Waals surface area (Å²) in [5, 5.41) is 4.11. The average Bonchev–Trinajstić information content (AvgIpc) is 2.30. The summed E-state index contributed by atoms with van der Waals surface area (Å²) >= 11 is 0. The van der Waals surface area contributed by atoms with Gasteiger partial charge in [-0.25, -0.2) is 0 Å². The largest absolute Gasteiger partial charge is 0.296 e. The van der Waals surface area contributed by atoms with Crippen LogP contribution in [0.2, 0.25) is 0 Å². The molecule has 0 fully saturated rings. The first-order valence-electron chi connectivity index (χ1n) is 4.12. The SMILES string of the molecule is Cc1cnn(CC(C)C)c1C=O. The normalized spacial score (nSPS) is 10.7. The molecule has 1 aromatic heterocycles. The molecule has 1 aromatic rings. The van der Waals surface area contributed by atoms with E-state index in [0.29, 0.717) is 11.6 Å². The Hall–Kier alpha value is -1.12. The number of rotatable bonds is 3. The number of carbonyl (C=O) groups excluding carboxylic acids is 1. The third kappa shape index (κ3) is 1.72. The van der Waals surface area contributed by atoms with Gasteiger partial charge in [-0.3, -0.25) is 9.48 Å². The van der Waals surface area contributed by atoms with Gasteiger partial charge in [-0.2, -0.15) is 5.10 Å². The van der Waals surface area contributed by atoms with E-state index in [0.717, 1.165) is 18.4 Å². The molecule has 0 aromatic carbocycles. The van der Waals surface area contributed by atoms with E-state index >= 15 is 0 Å². The van der Waals surface area contributed by atoms with Crippen LogP contribution in [0.15, 0.2) is 6.20 Å². The number of hydrogen-bond acceptors (Lipinski definition) is 2. The zero-order valence-electron chi connectivity index (χ0n) is 7.74. The third-order valence-corrected chi connectivity index (χ3v) is 1.72. The van der Waals surface area contributed by atoms with Crippen molar-refractivity contribution in [2.45, 2.75) is 27.3 Å². The highest BCUT2D eigenvalue weighted by atomic mass is 16.1. The van der Waals surface area contributed by atoms with E-state index in [9.17, 15) is 4.79 Å². The lowest BCUT2D eigenvalue weighted by molar-refractivity contribution is 0.111. The Morgan fingerprint density at radius 1 is 1.67 bits per heavy atom. The van der Waals surface area contributed by atoms with E-state index < -0.39 is 0 Å². The molecule has 66 valence electrons. The smallest absolute Gasteiger partial charge is 0.168 e. The maximum atomic E-state index is 10.6. The minimum absolute atomic E-state index is 0.517. The molecule has 0 amide bonds. The summed E-state index contributed by atoms with van der Waals surface area (Å²) in [6, 6.07) is 0. The van der Waals surface area contributed by atoms with Gasteiger partial charge in [0.15, 0.2) is 6.29 Å². The van der Waals surface area contributed by atoms with Gasteiger partial charge in [0.2, 0.25) is 0 Å². The molecule has 0 atom stereocenters. The molecular weight excluding hydrogens is 152 g/mol. The lowest BCUT2D eigenvalue weighted by atomic mass is 10.2. The number of aromatic nitrogens is 2. The zero-order valence-corrected chi connectivity index (χ0v) is 7.74. The van der Waals surface area contributed by atoms with Crippen LogP contribution in [0, 0.1) is 12.8 Å². The number of carbonyl (C=O) groups is 1. The lowest BCUT2D eigenvalue weighted by Gasteiger charge is -2.06. The van der Waals surface area contributed by atoms with Crippen LogP contribution < -0.4 is 0 Å². The first-order valence-corrected chi connectivity index (χ1v) is 4.12. The highest BCUT2D eigenvalue weighted by molar-refractivity contribution is 5.74. The van der Waals surface area contributed by atoms with Crippen molar-refractivity contribution in [3.63, 3.8) is 0 Å². The average molecular weight is 166 g/mol. The van der Waals surface area contributed by atoms with Crippen LogP contribution in [0.1, 0.15) is 29.9 Å². The Morgan fingerprint density at radius 2 is 2.33 bits per heavy atom. The van der Waals surface area contributed by atoms with Gasteiger partial charge in [-0.15, -0.1) is 0 Å². The van der Waals surface area contributed by atoms with Gasteiger partial charge >= 0.3 is 0 Å². The number of hydrogen-bond donors (Lipinski definition) is 0. The van der Waals surface area contributed by atoms with Crippen molar-refractivity contribution >= 4 is 6.29 Å². The van der Waals surface area contributed by atoms with E-state index in [1.54, 1.807) is 10.9 Å². The second-order valence-electron chi connectivity index (χ2n) is 3.41. The van der Waals surface area contributed by atoms with Crippen molar-refractivity contribution in [3.8, 4) is 0 Å². The predicted molar refractivity (Wildman–Crippen MR) is 47.2 cm³/mol. The number of aryl methyl sites for hydroxylation is 1. The summed E-state index contributed by atoms with van der Waals surface area (Å²) in [6.45, 7) is 6.91. The molecule has 0 unspecified atom stereocenters. The second kappa shape index (κ2) is 3.52. The van der Waals surface area contributed by atoms with Gasteiger partial charge in [-0.05, 0) is 18.4 Å². The van der Waals surface area contributed by atoms with E-state index in [1.165, 1.54) is 0 Å². The van der Waals surface area contributed by atoms with E-state index in [-0.39, 0.29) is 0 Å². The monoisotopic (exact) mass is 166 g/mol. The zero-order chi connectivity index (χ0) is 9.14. The van der Waals surface area contributed by atoms with Crippen LogP contribution in [0.5, 0.6) is 0 Å². The number of aldehydes is 1. The molecule has 0 radical (unpaired) electrons. The molecule has 12 heavy (non-hydrogen) atoms. The first-order chi connectivity index (χ1) is 5.65. The quantitative estimate of drug-likeness (QED) is 0.640. The molecule has 3 heteroatoms. The first kappa shape index (κ1) is 8.97. The Bertz CT molecular complexity index is 276. The molecule has 0 N–H and O–H groups in total. The Morgan fingerprint density at radius 3 is 2.83 bits per heavy atom. The fraction of sp³-hybridized carbons (Fsp3) is 0.556. The van der Waals surface area contributed by atoms with E-state index in [4.69, 9.17) is 0 Å². The summed E-state index contributed by atoms with van der Waals surface area (Å²) < 4.78 is 1.76. The van der Waals surface area contributed by atoms with Crippen LogP contribution in [0.4, 0.5) is 0 Å². The van der Waals surface area contributed by atoms with Gasteiger partial charge in [0, 0.05) is 6.54 Å². The van der Waals surface area contributed by atoms with Crippen molar-refractivity contribution in [2.24, 2.45) is 5.92 Å². The van der Waals surface area contributed by atoms with E-state index in [1.807, 2.05) is 6.92 Å². The Labute approximate surface area is 72.4 Å². The van der Waals surface area contributed by atoms with Crippen molar-refractivity contribution in [3.05, 3.63) is 17.5 Å². The minimum atomic E-state index is 0.517. The molecule has 0 bridgehead atoms. The van der Waals surface area contributed by atoms with Crippen molar-refractivity contribution in [2.75, 3.05) is 0 Å². The summed E-state index contributed by atoms with van der Waals surface area (Å²) in [5.41, 5.74) is 1.65.